The van der Waals surface area contributed by atoms with Gasteiger partial charge in [-0.25, -0.2) is 17.1 Å². The van der Waals surface area contributed by atoms with E-state index in [1.807, 2.05) is 6.92 Å². The SMILES string of the molecule is CC(c1ccco1)N(C)C(=O)CCCN(C)S(=O)(=O)c1ccc(F)cc1. The fourth-order valence-corrected chi connectivity index (χ4v) is 3.68. The molecule has 0 saturated heterocycles. The van der Waals surface area contributed by atoms with Crippen LogP contribution in [-0.4, -0.2) is 44.2 Å². The molecule has 6 nitrogen and oxygen atoms in total. The van der Waals surface area contributed by atoms with Gasteiger partial charge in [-0.1, -0.05) is 0 Å². The molecule has 1 atom stereocenters. The van der Waals surface area contributed by atoms with Crippen molar-refractivity contribution >= 4 is 15.9 Å². The molecule has 0 aliphatic carbocycles. The minimum absolute atomic E-state index is 0.0243. The van der Waals surface area contributed by atoms with Crippen LogP contribution in [0.4, 0.5) is 4.39 Å². The Bertz CT molecular complexity index is 819. The highest BCUT2D eigenvalue weighted by molar-refractivity contribution is 7.89. The van der Waals surface area contributed by atoms with E-state index in [0.717, 1.165) is 12.1 Å². The Morgan fingerprint density at radius 3 is 2.42 bits per heavy atom. The van der Waals surface area contributed by atoms with Crippen LogP contribution in [0.3, 0.4) is 0 Å². The van der Waals surface area contributed by atoms with E-state index in [-0.39, 0.29) is 29.8 Å². The average molecular weight is 382 g/mol. The Balaban J connectivity index is 1.88. The number of halogens is 1. The number of nitrogens with zero attached hydrogens (tertiary/aromatic N) is 2. The van der Waals surface area contributed by atoms with E-state index in [2.05, 4.69) is 0 Å². The Hall–Kier alpha value is -2.19. The molecule has 1 aromatic heterocycles. The maximum absolute atomic E-state index is 13.0. The largest absolute Gasteiger partial charge is 0.467 e. The molecule has 8 heteroatoms. The van der Waals surface area contributed by atoms with Gasteiger partial charge in [0.2, 0.25) is 15.9 Å². The first kappa shape index (κ1) is 20.1. The predicted octanol–water partition coefficient (Wildman–Crippen LogP) is 3.04. The summed E-state index contributed by atoms with van der Waals surface area (Å²) in [5.41, 5.74) is 0. The quantitative estimate of drug-likeness (QED) is 0.704. The summed E-state index contributed by atoms with van der Waals surface area (Å²) in [4.78, 5) is 13.9. The second-order valence-corrected chi connectivity index (χ2v) is 8.12. The predicted molar refractivity (Wildman–Crippen MR) is 95.3 cm³/mol. The summed E-state index contributed by atoms with van der Waals surface area (Å²) in [6.45, 7) is 2.05. The lowest BCUT2D eigenvalue weighted by molar-refractivity contribution is -0.132. The van der Waals surface area contributed by atoms with E-state index < -0.39 is 15.8 Å². The summed E-state index contributed by atoms with van der Waals surface area (Å²) >= 11 is 0. The number of amides is 1. The first-order valence-electron chi connectivity index (χ1n) is 8.24. The van der Waals surface area contributed by atoms with Crippen LogP contribution in [0.5, 0.6) is 0 Å². The van der Waals surface area contributed by atoms with Gasteiger partial charge in [0, 0.05) is 27.1 Å². The van der Waals surface area contributed by atoms with Crippen molar-refractivity contribution in [3.8, 4) is 0 Å². The van der Waals surface area contributed by atoms with Crippen LogP contribution in [-0.2, 0) is 14.8 Å². The summed E-state index contributed by atoms with van der Waals surface area (Å²) in [5.74, 6) is 0.101. The highest BCUT2D eigenvalue weighted by Crippen LogP contribution is 2.20. The van der Waals surface area contributed by atoms with E-state index in [9.17, 15) is 17.6 Å². The summed E-state index contributed by atoms with van der Waals surface area (Å²) in [5, 5.41) is 0. The summed E-state index contributed by atoms with van der Waals surface area (Å²) in [6, 6.07) is 8.04. The van der Waals surface area contributed by atoms with E-state index in [1.165, 1.54) is 23.5 Å². The van der Waals surface area contributed by atoms with Gasteiger partial charge in [0.1, 0.15) is 11.6 Å². The highest BCUT2D eigenvalue weighted by atomic mass is 32.2. The third-order valence-corrected chi connectivity index (χ3v) is 6.19. The molecule has 0 aliphatic heterocycles. The zero-order valence-electron chi connectivity index (χ0n) is 15.1. The van der Waals surface area contributed by atoms with Gasteiger partial charge in [-0.2, -0.15) is 0 Å². The molecule has 0 spiro atoms. The van der Waals surface area contributed by atoms with Crippen LogP contribution in [0.25, 0.3) is 0 Å². The molecule has 0 aliphatic rings. The number of furan rings is 1. The molecule has 26 heavy (non-hydrogen) atoms. The van der Waals surface area contributed by atoms with Gasteiger partial charge >= 0.3 is 0 Å². The summed E-state index contributed by atoms with van der Waals surface area (Å²) in [7, 11) is -0.567. The molecule has 2 rings (SSSR count). The molecule has 142 valence electrons. The number of benzene rings is 1. The van der Waals surface area contributed by atoms with Crippen LogP contribution in [0.2, 0.25) is 0 Å². The number of hydrogen-bond acceptors (Lipinski definition) is 4. The van der Waals surface area contributed by atoms with E-state index in [4.69, 9.17) is 4.42 Å². The molecule has 0 bridgehead atoms. The van der Waals surface area contributed by atoms with Crippen molar-refractivity contribution in [1.29, 1.82) is 0 Å². The van der Waals surface area contributed by atoms with Gasteiger partial charge in [-0.15, -0.1) is 0 Å². The van der Waals surface area contributed by atoms with Gasteiger partial charge in [0.05, 0.1) is 17.2 Å². The van der Waals surface area contributed by atoms with Gasteiger partial charge in [-0.3, -0.25) is 4.79 Å². The Morgan fingerprint density at radius 2 is 1.85 bits per heavy atom. The third kappa shape index (κ3) is 4.70. The fourth-order valence-electron chi connectivity index (χ4n) is 2.47. The zero-order chi connectivity index (χ0) is 19.3. The van der Waals surface area contributed by atoms with Gasteiger partial charge in [-0.05, 0) is 49.7 Å². The Morgan fingerprint density at radius 1 is 1.19 bits per heavy atom. The van der Waals surface area contributed by atoms with Gasteiger partial charge < -0.3 is 9.32 Å². The number of sulfonamides is 1. The maximum Gasteiger partial charge on any atom is 0.242 e. The van der Waals surface area contributed by atoms with Crippen LogP contribution in [0.15, 0.2) is 52.0 Å². The monoisotopic (exact) mass is 382 g/mol. The van der Waals surface area contributed by atoms with E-state index in [0.29, 0.717) is 12.2 Å². The lowest BCUT2D eigenvalue weighted by atomic mass is 10.2. The number of carbonyl (C=O) groups is 1. The standard InChI is InChI=1S/C18H23FN2O4S/c1-14(17-6-5-13-25-17)21(3)18(22)7-4-12-20(2)26(23,24)16-10-8-15(19)9-11-16/h5-6,8-11,13-14H,4,7,12H2,1-3H3. The molecule has 0 fully saturated rings. The second kappa shape index (κ2) is 8.46. The van der Waals surface area contributed by atoms with Crippen LogP contribution in [0, 0.1) is 5.82 Å². The van der Waals surface area contributed by atoms with Crippen molar-refractivity contribution in [3.05, 3.63) is 54.2 Å². The topological polar surface area (TPSA) is 70.8 Å². The minimum Gasteiger partial charge on any atom is -0.467 e. The molecule has 1 amide bonds. The minimum atomic E-state index is -3.70. The molecule has 1 aromatic carbocycles. The number of carbonyl (C=O) groups excluding carboxylic acids is 1. The lowest BCUT2D eigenvalue weighted by Gasteiger charge is -2.24. The van der Waals surface area contributed by atoms with Gasteiger partial charge in [0.25, 0.3) is 0 Å². The Labute approximate surface area is 153 Å². The Kier molecular flexibility index (Phi) is 6.55. The molecule has 0 radical (unpaired) electrons. The average Bonchev–Trinajstić information content (AvgIpc) is 3.15. The molecule has 0 N–H and O–H groups in total. The maximum atomic E-state index is 13.0. The first-order chi connectivity index (χ1) is 12.2. The number of hydrogen-bond donors (Lipinski definition) is 0. The van der Waals surface area contributed by atoms with Gasteiger partial charge in [0.15, 0.2) is 0 Å². The van der Waals surface area contributed by atoms with Crippen molar-refractivity contribution in [2.75, 3.05) is 20.6 Å². The van der Waals surface area contributed by atoms with Crippen molar-refractivity contribution in [2.24, 2.45) is 0 Å². The normalized spacial score (nSPS) is 13.0. The molecular formula is C18H23FN2O4S. The number of rotatable bonds is 8. The molecule has 1 unspecified atom stereocenters. The van der Waals surface area contributed by atoms with E-state index >= 15 is 0 Å². The van der Waals surface area contributed by atoms with Crippen LogP contribution in [0.1, 0.15) is 31.6 Å². The van der Waals surface area contributed by atoms with Crippen molar-refractivity contribution in [3.63, 3.8) is 0 Å². The second-order valence-electron chi connectivity index (χ2n) is 6.08. The first-order valence-corrected chi connectivity index (χ1v) is 9.68. The van der Waals surface area contributed by atoms with Crippen LogP contribution >= 0.6 is 0 Å². The zero-order valence-corrected chi connectivity index (χ0v) is 15.9. The van der Waals surface area contributed by atoms with E-state index in [1.54, 1.807) is 30.3 Å². The molecule has 1 heterocycles. The fraction of sp³-hybridized carbons (Fsp3) is 0.389. The third-order valence-electron chi connectivity index (χ3n) is 4.31. The smallest absolute Gasteiger partial charge is 0.242 e. The molecule has 0 saturated carbocycles. The summed E-state index contributed by atoms with van der Waals surface area (Å²) < 4.78 is 44.3. The van der Waals surface area contributed by atoms with Crippen LogP contribution < -0.4 is 0 Å². The molecular weight excluding hydrogens is 359 g/mol. The van der Waals surface area contributed by atoms with Crippen molar-refractivity contribution in [2.45, 2.75) is 30.7 Å². The van der Waals surface area contributed by atoms with Crippen molar-refractivity contribution < 1.29 is 22.0 Å². The lowest BCUT2D eigenvalue weighted by Crippen LogP contribution is -2.31. The van der Waals surface area contributed by atoms with Crippen molar-refractivity contribution in [1.82, 2.24) is 9.21 Å². The highest BCUT2D eigenvalue weighted by Gasteiger charge is 2.22. The molecule has 2 aromatic rings. The summed E-state index contributed by atoms with van der Waals surface area (Å²) in [6.07, 6.45) is 2.15.